The molecule has 1 aromatic rings. The van der Waals surface area contributed by atoms with E-state index in [0.29, 0.717) is 11.6 Å². The molecular formula is C13H18ClN2O+. The molecule has 1 aliphatic rings. The van der Waals surface area contributed by atoms with E-state index in [1.807, 2.05) is 19.1 Å². The van der Waals surface area contributed by atoms with Crippen molar-refractivity contribution in [2.75, 3.05) is 25.0 Å². The molecule has 0 unspecified atom stereocenters. The number of carbonyl (C=O) groups is 1. The summed E-state index contributed by atoms with van der Waals surface area (Å²) >= 11 is 5.91. The van der Waals surface area contributed by atoms with E-state index in [9.17, 15) is 4.79 Å². The van der Waals surface area contributed by atoms with Crippen LogP contribution in [-0.4, -0.2) is 25.5 Å². The number of hydrogen-bond donors (Lipinski definition) is 2. The summed E-state index contributed by atoms with van der Waals surface area (Å²) in [5.74, 6) is 0.0762. The fourth-order valence-corrected chi connectivity index (χ4v) is 2.37. The maximum Gasteiger partial charge on any atom is 0.279 e. The van der Waals surface area contributed by atoms with Crippen LogP contribution in [0, 0.1) is 6.92 Å². The Morgan fingerprint density at radius 1 is 1.41 bits per heavy atom. The van der Waals surface area contributed by atoms with Gasteiger partial charge in [-0.2, -0.15) is 0 Å². The summed E-state index contributed by atoms with van der Waals surface area (Å²) in [5, 5.41) is 3.59. The molecule has 2 N–H and O–H groups in total. The van der Waals surface area contributed by atoms with Crippen molar-refractivity contribution in [2.45, 2.75) is 19.8 Å². The predicted molar refractivity (Wildman–Crippen MR) is 69.6 cm³/mol. The van der Waals surface area contributed by atoms with Gasteiger partial charge < -0.3 is 10.2 Å². The highest BCUT2D eigenvalue weighted by Crippen LogP contribution is 2.19. The van der Waals surface area contributed by atoms with Crippen LogP contribution in [-0.2, 0) is 4.79 Å². The molecule has 1 heterocycles. The Balaban J connectivity index is 1.95. The first-order chi connectivity index (χ1) is 8.15. The number of carbonyl (C=O) groups excluding carboxylic acids is 1. The maximum absolute atomic E-state index is 11.9. The highest BCUT2D eigenvalue weighted by molar-refractivity contribution is 6.31. The quantitative estimate of drug-likeness (QED) is 0.836. The first-order valence-electron chi connectivity index (χ1n) is 6.05. The van der Waals surface area contributed by atoms with Crippen molar-refractivity contribution < 1.29 is 9.69 Å². The zero-order valence-electron chi connectivity index (χ0n) is 10.1. The largest absolute Gasteiger partial charge is 0.327 e. The Kier molecular flexibility index (Phi) is 4.02. The molecule has 4 heteroatoms. The topological polar surface area (TPSA) is 33.5 Å². The molecular weight excluding hydrogens is 236 g/mol. The lowest BCUT2D eigenvalue weighted by molar-refractivity contribution is -0.878. The fraction of sp³-hybridized carbons (Fsp3) is 0.462. The van der Waals surface area contributed by atoms with Gasteiger partial charge in [-0.05, 0) is 24.6 Å². The van der Waals surface area contributed by atoms with Crippen LogP contribution in [0.4, 0.5) is 5.69 Å². The predicted octanol–water partition coefficient (Wildman–Crippen LogP) is 1.27. The normalized spacial score (nSPS) is 16.1. The highest BCUT2D eigenvalue weighted by Gasteiger charge is 2.19. The van der Waals surface area contributed by atoms with Crippen LogP contribution < -0.4 is 10.2 Å². The lowest BCUT2D eigenvalue weighted by atomic mass is 10.2. The molecule has 3 nitrogen and oxygen atoms in total. The second-order valence-electron chi connectivity index (χ2n) is 4.64. The smallest absolute Gasteiger partial charge is 0.279 e. The van der Waals surface area contributed by atoms with Crippen LogP contribution in [0.5, 0.6) is 0 Å². The van der Waals surface area contributed by atoms with Gasteiger partial charge in [0.1, 0.15) is 0 Å². The minimum absolute atomic E-state index is 0.0762. The van der Waals surface area contributed by atoms with Gasteiger partial charge >= 0.3 is 0 Å². The van der Waals surface area contributed by atoms with Crippen molar-refractivity contribution in [3.8, 4) is 0 Å². The third-order valence-corrected chi connectivity index (χ3v) is 3.43. The van der Waals surface area contributed by atoms with Crippen molar-refractivity contribution in [1.29, 1.82) is 0 Å². The first-order valence-corrected chi connectivity index (χ1v) is 6.42. The molecule has 92 valence electrons. The molecule has 0 saturated carbocycles. The van der Waals surface area contributed by atoms with Crippen LogP contribution >= 0.6 is 11.6 Å². The highest BCUT2D eigenvalue weighted by atomic mass is 35.5. The summed E-state index contributed by atoms with van der Waals surface area (Å²) in [7, 11) is 0. The van der Waals surface area contributed by atoms with Gasteiger partial charge in [0.05, 0.1) is 13.1 Å². The van der Waals surface area contributed by atoms with Gasteiger partial charge in [-0.1, -0.05) is 17.7 Å². The Labute approximate surface area is 107 Å². The van der Waals surface area contributed by atoms with E-state index in [0.717, 1.165) is 24.3 Å². The van der Waals surface area contributed by atoms with E-state index in [1.54, 1.807) is 6.07 Å². The third kappa shape index (κ3) is 3.45. The number of quaternary nitrogens is 1. The number of halogens is 1. The summed E-state index contributed by atoms with van der Waals surface area (Å²) < 4.78 is 0. The third-order valence-electron chi connectivity index (χ3n) is 3.19. The van der Waals surface area contributed by atoms with Crippen molar-refractivity contribution in [1.82, 2.24) is 0 Å². The number of aryl methyl sites for hydroxylation is 1. The van der Waals surface area contributed by atoms with Crippen molar-refractivity contribution in [2.24, 2.45) is 0 Å². The lowest BCUT2D eigenvalue weighted by Gasteiger charge is -2.13. The number of rotatable bonds is 3. The van der Waals surface area contributed by atoms with E-state index < -0.39 is 0 Å². The van der Waals surface area contributed by atoms with Crippen LogP contribution in [0.1, 0.15) is 18.4 Å². The van der Waals surface area contributed by atoms with E-state index in [2.05, 4.69) is 5.32 Å². The molecule has 1 saturated heterocycles. The molecule has 1 aliphatic heterocycles. The molecule has 0 atom stereocenters. The average molecular weight is 254 g/mol. The number of benzene rings is 1. The van der Waals surface area contributed by atoms with E-state index in [1.165, 1.54) is 17.7 Å². The Bertz CT molecular complexity index is 414. The summed E-state index contributed by atoms with van der Waals surface area (Å²) in [6.45, 7) is 4.75. The molecule has 0 aliphatic carbocycles. The zero-order valence-corrected chi connectivity index (χ0v) is 10.8. The van der Waals surface area contributed by atoms with E-state index >= 15 is 0 Å². The molecule has 17 heavy (non-hydrogen) atoms. The molecule has 0 aromatic heterocycles. The van der Waals surface area contributed by atoms with Crippen molar-refractivity contribution in [3.05, 3.63) is 28.8 Å². The number of anilines is 1. The van der Waals surface area contributed by atoms with Gasteiger partial charge in [0.2, 0.25) is 0 Å². The second kappa shape index (κ2) is 5.52. The molecule has 0 spiro atoms. The summed E-state index contributed by atoms with van der Waals surface area (Å²) in [6.07, 6.45) is 2.47. The van der Waals surface area contributed by atoms with Crippen molar-refractivity contribution >= 4 is 23.2 Å². The number of amides is 1. The van der Waals surface area contributed by atoms with Crippen LogP contribution in [0.2, 0.25) is 5.02 Å². The average Bonchev–Trinajstić information content (AvgIpc) is 2.76. The number of nitrogens with one attached hydrogen (secondary N) is 2. The molecule has 2 rings (SSSR count). The number of likely N-dealkylation sites (tertiary alicyclic amines) is 1. The molecule has 0 radical (unpaired) electrons. The van der Waals surface area contributed by atoms with Crippen LogP contribution in [0.15, 0.2) is 18.2 Å². The van der Waals surface area contributed by atoms with Crippen LogP contribution in [0.25, 0.3) is 0 Å². The van der Waals surface area contributed by atoms with Crippen molar-refractivity contribution in [3.63, 3.8) is 0 Å². The molecule has 1 amide bonds. The summed E-state index contributed by atoms with van der Waals surface area (Å²) in [5.41, 5.74) is 1.86. The molecule has 1 fully saturated rings. The molecule has 0 bridgehead atoms. The van der Waals surface area contributed by atoms with Gasteiger partial charge in [-0.25, -0.2) is 0 Å². The fourth-order valence-electron chi connectivity index (χ4n) is 2.20. The SMILES string of the molecule is Cc1ccc(Cl)cc1NC(=O)C[NH+]1CCCC1. The minimum atomic E-state index is 0.0762. The lowest BCUT2D eigenvalue weighted by Crippen LogP contribution is -3.11. The zero-order chi connectivity index (χ0) is 12.3. The number of hydrogen-bond acceptors (Lipinski definition) is 1. The Hall–Kier alpha value is -1.06. The van der Waals surface area contributed by atoms with Gasteiger partial charge in [-0.15, -0.1) is 0 Å². The van der Waals surface area contributed by atoms with Gasteiger partial charge in [0, 0.05) is 23.6 Å². The standard InChI is InChI=1S/C13H17ClN2O/c1-10-4-5-11(14)8-12(10)15-13(17)9-16-6-2-3-7-16/h4-5,8H,2-3,6-7,9H2,1H3,(H,15,17)/p+1. The van der Waals surface area contributed by atoms with E-state index in [-0.39, 0.29) is 5.91 Å². The van der Waals surface area contributed by atoms with Gasteiger partial charge in [0.25, 0.3) is 5.91 Å². The van der Waals surface area contributed by atoms with E-state index in [4.69, 9.17) is 11.6 Å². The van der Waals surface area contributed by atoms with Gasteiger partial charge in [0.15, 0.2) is 6.54 Å². The first kappa shape index (κ1) is 12.4. The maximum atomic E-state index is 11.9. The minimum Gasteiger partial charge on any atom is -0.327 e. The Morgan fingerprint density at radius 3 is 2.82 bits per heavy atom. The Morgan fingerprint density at radius 2 is 2.12 bits per heavy atom. The molecule has 1 aromatic carbocycles. The summed E-state index contributed by atoms with van der Waals surface area (Å²) in [4.78, 5) is 13.2. The van der Waals surface area contributed by atoms with Gasteiger partial charge in [-0.3, -0.25) is 4.79 Å². The second-order valence-corrected chi connectivity index (χ2v) is 5.08. The van der Waals surface area contributed by atoms with Crippen LogP contribution in [0.3, 0.4) is 0 Å². The monoisotopic (exact) mass is 253 g/mol. The summed E-state index contributed by atoms with van der Waals surface area (Å²) in [6, 6.07) is 5.55.